The first-order chi connectivity index (χ1) is 9.66. The van der Waals surface area contributed by atoms with Gasteiger partial charge in [0.2, 0.25) is 5.91 Å². The van der Waals surface area contributed by atoms with Crippen LogP contribution in [0.15, 0.2) is 0 Å². The fourth-order valence-electron chi connectivity index (χ4n) is 3.40. The van der Waals surface area contributed by atoms with Gasteiger partial charge in [-0.25, -0.2) is 4.79 Å². The van der Waals surface area contributed by atoms with Gasteiger partial charge in [0.25, 0.3) is 0 Å². The number of hydrogen-bond acceptors (Lipinski definition) is 3. The number of amides is 2. The maximum absolute atomic E-state index is 13.0. The third kappa shape index (κ3) is 3.16. The molecule has 5 nitrogen and oxygen atoms in total. The van der Waals surface area contributed by atoms with Gasteiger partial charge in [-0.2, -0.15) is 0 Å². The molecule has 21 heavy (non-hydrogen) atoms. The molecule has 2 rings (SSSR count). The van der Waals surface area contributed by atoms with Crippen molar-refractivity contribution in [1.29, 1.82) is 0 Å². The number of likely N-dealkylation sites (tertiary alicyclic amines) is 1. The lowest BCUT2D eigenvalue weighted by molar-refractivity contribution is -0.138. The van der Waals surface area contributed by atoms with E-state index in [0.717, 1.165) is 12.8 Å². The second-order valence-electron chi connectivity index (χ2n) is 7.78. The van der Waals surface area contributed by atoms with Gasteiger partial charge in [-0.1, -0.05) is 34.6 Å². The fraction of sp³-hybridized carbons (Fsp3) is 0.875. The topological polar surface area (TPSA) is 58.6 Å². The molecule has 1 saturated carbocycles. The third-order valence-electron chi connectivity index (χ3n) is 4.75. The normalized spacial score (nSPS) is 29.1. The van der Waals surface area contributed by atoms with Crippen LogP contribution in [0.25, 0.3) is 0 Å². The summed E-state index contributed by atoms with van der Waals surface area (Å²) in [6, 6.07) is 0.124. The highest BCUT2D eigenvalue weighted by atomic mass is 16.5. The molecule has 120 valence electrons. The largest absolute Gasteiger partial charge is 0.453 e. The molecule has 1 heterocycles. The lowest BCUT2D eigenvalue weighted by Crippen LogP contribution is -2.55. The van der Waals surface area contributed by atoms with Crippen molar-refractivity contribution >= 4 is 12.0 Å². The highest BCUT2D eigenvalue weighted by Crippen LogP contribution is 2.52. The van der Waals surface area contributed by atoms with Crippen LogP contribution in [0.1, 0.15) is 47.5 Å². The van der Waals surface area contributed by atoms with E-state index in [1.165, 1.54) is 7.11 Å². The zero-order chi connectivity index (χ0) is 15.9. The number of ether oxygens (including phenoxy) is 1. The maximum Gasteiger partial charge on any atom is 0.407 e. The Morgan fingerprint density at radius 3 is 2.33 bits per heavy atom. The van der Waals surface area contributed by atoms with Gasteiger partial charge in [0.05, 0.1) is 7.11 Å². The van der Waals surface area contributed by atoms with Gasteiger partial charge in [-0.15, -0.1) is 0 Å². The van der Waals surface area contributed by atoms with Crippen LogP contribution in [0.3, 0.4) is 0 Å². The first-order valence-electron chi connectivity index (χ1n) is 7.83. The van der Waals surface area contributed by atoms with E-state index in [4.69, 9.17) is 0 Å². The quantitative estimate of drug-likeness (QED) is 0.870. The highest BCUT2D eigenvalue weighted by Gasteiger charge is 2.57. The Hall–Kier alpha value is -1.26. The Morgan fingerprint density at radius 1 is 1.24 bits per heavy atom. The summed E-state index contributed by atoms with van der Waals surface area (Å²) in [5, 5.41) is 2.70. The molecule has 0 aromatic heterocycles. The lowest BCUT2D eigenvalue weighted by atomic mass is 9.83. The number of fused-ring (bicyclic) bond motifs is 1. The number of hydrogen-bond donors (Lipinski definition) is 1. The molecule has 1 N–H and O–H groups in total. The van der Waals surface area contributed by atoms with Crippen LogP contribution in [0, 0.1) is 17.3 Å². The summed E-state index contributed by atoms with van der Waals surface area (Å²) < 4.78 is 4.65. The molecule has 4 unspecified atom stereocenters. The van der Waals surface area contributed by atoms with Gasteiger partial charge < -0.3 is 15.0 Å². The molecule has 1 aliphatic carbocycles. The molecule has 1 aliphatic heterocycles. The number of methoxy groups -OCH3 is 1. The molecule has 5 heteroatoms. The Labute approximate surface area is 127 Å². The molecule has 0 spiro atoms. The van der Waals surface area contributed by atoms with Gasteiger partial charge >= 0.3 is 6.09 Å². The van der Waals surface area contributed by atoms with Crippen molar-refractivity contribution in [2.24, 2.45) is 17.3 Å². The van der Waals surface area contributed by atoms with Gasteiger partial charge in [0, 0.05) is 12.1 Å². The summed E-state index contributed by atoms with van der Waals surface area (Å²) in [6.07, 6.45) is 1.66. The van der Waals surface area contributed by atoms with Crippen molar-refractivity contribution in [2.45, 2.75) is 65.6 Å². The van der Waals surface area contributed by atoms with Crippen LogP contribution >= 0.6 is 0 Å². The van der Waals surface area contributed by atoms with Crippen molar-refractivity contribution in [3.8, 4) is 0 Å². The fourth-order valence-corrected chi connectivity index (χ4v) is 3.40. The standard InChI is InChI=1S/C16H28N2O3/c1-9(2)13(17-15(20)21-6)14(19)18-11-7-10(11)8-12(18)16(3,4)5/h9-13H,7-8H2,1-6H3,(H,17,20). The molecule has 0 aromatic rings. The smallest absolute Gasteiger partial charge is 0.407 e. The summed E-state index contributed by atoms with van der Waals surface area (Å²) in [6.45, 7) is 10.4. The summed E-state index contributed by atoms with van der Waals surface area (Å²) in [5.74, 6) is 0.736. The number of nitrogens with one attached hydrogen (secondary N) is 1. The SMILES string of the molecule is COC(=O)NC(C(=O)N1C2CC2CC1C(C)(C)C)C(C)C. The minimum atomic E-state index is -0.541. The van der Waals surface area contributed by atoms with E-state index in [1.807, 2.05) is 18.7 Å². The van der Waals surface area contributed by atoms with Crippen LogP contribution in [0.2, 0.25) is 0 Å². The van der Waals surface area contributed by atoms with Crippen LogP contribution in [0.4, 0.5) is 4.79 Å². The zero-order valence-electron chi connectivity index (χ0n) is 14.0. The number of carbonyl (C=O) groups excluding carboxylic acids is 2. The molecule has 2 amide bonds. The Balaban J connectivity index is 2.17. The van der Waals surface area contributed by atoms with E-state index in [9.17, 15) is 9.59 Å². The predicted molar refractivity (Wildman–Crippen MR) is 80.8 cm³/mol. The maximum atomic E-state index is 13.0. The van der Waals surface area contributed by atoms with Gasteiger partial charge in [0.15, 0.2) is 0 Å². The van der Waals surface area contributed by atoms with Crippen LogP contribution in [-0.2, 0) is 9.53 Å². The van der Waals surface area contributed by atoms with E-state index in [2.05, 4.69) is 30.8 Å². The van der Waals surface area contributed by atoms with Gasteiger partial charge in [0.1, 0.15) is 6.04 Å². The van der Waals surface area contributed by atoms with Crippen molar-refractivity contribution in [1.82, 2.24) is 10.2 Å². The molecule has 1 saturated heterocycles. The Kier molecular flexibility index (Phi) is 4.22. The molecule has 4 atom stereocenters. The minimum Gasteiger partial charge on any atom is -0.453 e. The van der Waals surface area contributed by atoms with E-state index < -0.39 is 12.1 Å². The summed E-state index contributed by atoms with van der Waals surface area (Å²) in [5.41, 5.74) is 0.0654. The highest BCUT2D eigenvalue weighted by molar-refractivity contribution is 5.87. The third-order valence-corrected chi connectivity index (χ3v) is 4.75. The number of nitrogens with zero attached hydrogens (tertiary/aromatic N) is 1. The monoisotopic (exact) mass is 296 g/mol. The number of alkyl carbamates (subject to hydrolysis) is 1. The van der Waals surface area contributed by atoms with Crippen molar-refractivity contribution in [3.05, 3.63) is 0 Å². The first-order valence-corrected chi connectivity index (χ1v) is 7.83. The minimum absolute atomic E-state index is 0.0371. The predicted octanol–water partition coefficient (Wildman–Crippen LogP) is 2.40. The van der Waals surface area contributed by atoms with E-state index in [1.54, 1.807) is 0 Å². The number of piperidine rings is 1. The van der Waals surface area contributed by atoms with Crippen LogP contribution in [0.5, 0.6) is 0 Å². The van der Waals surface area contributed by atoms with Crippen LogP contribution < -0.4 is 5.32 Å². The Morgan fingerprint density at radius 2 is 1.86 bits per heavy atom. The molecular weight excluding hydrogens is 268 g/mol. The second kappa shape index (κ2) is 5.50. The first kappa shape index (κ1) is 16.1. The lowest BCUT2D eigenvalue weighted by Gasteiger charge is -2.39. The number of rotatable bonds is 3. The second-order valence-corrected chi connectivity index (χ2v) is 7.78. The van der Waals surface area contributed by atoms with Gasteiger partial charge in [-0.3, -0.25) is 4.79 Å². The Bertz CT molecular complexity index is 428. The van der Waals surface area contributed by atoms with Crippen molar-refractivity contribution < 1.29 is 14.3 Å². The average Bonchev–Trinajstić information content (AvgIpc) is 3.04. The van der Waals surface area contributed by atoms with E-state index in [0.29, 0.717) is 12.0 Å². The summed E-state index contributed by atoms with van der Waals surface area (Å²) >= 11 is 0. The molecular formula is C16H28N2O3. The zero-order valence-corrected chi connectivity index (χ0v) is 14.0. The van der Waals surface area contributed by atoms with Crippen LogP contribution in [-0.4, -0.2) is 42.1 Å². The van der Waals surface area contributed by atoms with E-state index in [-0.39, 0.29) is 23.3 Å². The van der Waals surface area contributed by atoms with Gasteiger partial charge in [-0.05, 0) is 30.1 Å². The molecule has 0 radical (unpaired) electrons. The van der Waals surface area contributed by atoms with Crippen molar-refractivity contribution in [2.75, 3.05) is 7.11 Å². The molecule has 0 aromatic carbocycles. The summed E-state index contributed by atoms with van der Waals surface area (Å²) in [7, 11) is 1.32. The molecule has 2 aliphatic rings. The molecule has 0 bridgehead atoms. The summed E-state index contributed by atoms with van der Waals surface area (Å²) in [4.78, 5) is 26.5. The molecule has 2 fully saturated rings. The van der Waals surface area contributed by atoms with Crippen molar-refractivity contribution in [3.63, 3.8) is 0 Å². The number of carbonyl (C=O) groups is 2. The van der Waals surface area contributed by atoms with E-state index >= 15 is 0 Å². The average molecular weight is 296 g/mol.